The van der Waals surface area contributed by atoms with Crippen molar-refractivity contribution in [3.63, 3.8) is 0 Å². The van der Waals surface area contributed by atoms with E-state index in [2.05, 4.69) is 26.2 Å². The lowest BCUT2D eigenvalue weighted by atomic mass is 10.2. The number of carbonyl (C=O) groups is 1. The summed E-state index contributed by atoms with van der Waals surface area (Å²) in [6.45, 7) is 0.541. The van der Waals surface area contributed by atoms with E-state index in [1.165, 1.54) is 6.07 Å². The monoisotopic (exact) mass is 320 g/mol. The number of nitrogens with one attached hydrogen (secondary N) is 1. The molecule has 1 amide bonds. The number of aromatic hydroxyl groups is 1. The number of rotatable bonds is 4. The predicted octanol–water partition coefficient (Wildman–Crippen LogP) is 2.52. The van der Waals surface area contributed by atoms with Gasteiger partial charge in [0, 0.05) is 24.5 Å². The van der Waals surface area contributed by atoms with Crippen LogP contribution in [0, 0.1) is 0 Å². The fourth-order valence-corrected chi connectivity index (χ4v) is 1.87. The Balaban J connectivity index is 1.89. The van der Waals surface area contributed by atoms with Crippen LogP contribution in [0.15, 0.2) is 47.2 Å². The van der Waals surface area contributed by atoms with Crippen LogP contribution in [0.1, 0.15) is 15.9 Å². The first-order valence-corrected chi connectivity index (χ1v) is 6.62. The molecule has 0 aliphatic carbocycles. The molecule has 19 heavy (non-hydrogen) atoms. The van der Waals surface area contributed by atoms with Crippen molar-refractivity contribution < 1.29 is 9.90 Å². The first-order chi connectivity index (χ1) is 9.16. The summed E-state index contributed by atoms with van der Waals surface area (Å²) >= 11 is 3.17. The summed E-state index contributed by atoms with van der Waals surface area (Å²) < 4.78 is 0.570. The van der Waals surface area contributed by atoms with Gasteiger partial charge in [0.2, 0.25) is 0 Å². The van der Waals surface area contributed by atoms with Gasteiger partial charge in [-0.1, -0.05) is 0 Å². The first-order valence-electron chi connectivity index (χ1n) is 5.82. The van der Waals surface area contributed by atoms with Gasteiger partial charge in [0.25, 0.3) is 5.91 Å². The lowest BCUT2D eigenvalue weighted by Gasteiger charge is -2.06. The lowest BCUT2D eigenvalue weighted by Crippen LogP contribution is -2.25. The molecule has 0 aliphatic rings. The summed E-state index contributed by atoms with van der Waals surface area (Å²) in [6.07, 6.45) is 4.20. The Morgan fingerprint density at radius 3 is 2.68 bits per heavy atom. The Morgan fingerprint density at radius 1 is 1.26 bits per heavy atom. The summed E-state index contributed by atoms with van der Waals surface area (Å²) in [6, 6.07) is 8.57. The zero-order valence-corrected chi connectivity index (χ0v) is 11.7. The second-order valence-electron chi connectivity index (χ2n) is 4.03. The highest BCUT2D eigenvalue weighted by molar-refractivity contribution is 9.10. The highest BCUT2D eigenvalue weighted by Crippen LogP contribution is 2.24. The molecule has 1 heterocycles. The smallest absolute Gasteiger partial charge is 0.251 e. The van der Waals surface area contributed by atoms with E-state index < -0.39 is 0 Å². The maximum Gasteiger partial charge on any atom is 0.251 e. The van der Waals surface area contributed by atoms with Crippen LogP contribution in [0.4, 0.5) is 0 Å². The van der Waals surface area contributed by atoms with Crippen molar-refractivity contribution in [1.29, 1.82) is 0 Å². The normalized spacial score (nSPS) is 10.2. The minimum absolute atomic E-state index is 0.0572. The Morgan fingerprint density at radius 2 is 2.00 bits per heavy atom. The lowest BCUT2D eigenvalue weighted by molar-refractivity contribution is 0.0953. The van der Waals surface area contributed by atoms with Crippen molar-refractivity contribution in [2.75, 3.05) is 6.54 Å². The number of carbonyl (C=O) groups excluding carboxylic acids is 1. The van der Waals surface area contributed by atoms with E-state index in [9.17, 15) is 9.90 Å². The highest BCUT2D eigenvalue weighted by Gasteiger charge is 2.07. The van der Waals surface area contributed by atoms with Gasteiger partial charge in [-0.05, 0) is 58.2 Å². The van der Waals surface area contributed by atoms with Crippen LogP contribution in [0.2, 0.25) is 0 Å². The molecule has 0 atom stereocenters. The Bertz CT molecular complexity index is 573. The number of phenolic OH excluding ortho intramolecular Hbond substituents is 1. The molecule has 0 saturated carbocycles. The molecule has 2 N–H and O–H groups in total. The van der Waals surface area contributed by atoms with E-state index in [-0.39, 0.29) is 11.7 Å². The molecule has 1 aromatic heterocycles. The fourth-order valence-electron chi connectivity index (χ4n) is 1.63. The van der Waals surface area contributed by atoms with Gasteiger partial charge in [0.1, 0.15) is 5.75 Å². The van der Waals surface area contributed by atoms with Gasteiger partial charge in [-0.15, -0.1) is 0 Å². The van der Waals surface area contributed by atoms with Crippen LogP contribution in [-0.4, -0.2) is 22.5 Å². The average Bonchev–Trinajstić information content (AvgIpc) is 2.43. The molecule has 0 aliphatic heterocycles. The third-order valence-corrected chi connectivity index (χ3v) is 3.33. The molecule has 2 rings (SSSR count). The molecule has 0 radical (unpaired) electrons. The Labute approximate surface area is 119 Å². The molecule has 0 unspecified atom stereocenters. The fraction of sp³-hybridized carbons (Fsp3) is 0.143. The van der Waals surface area contributed by atoms with Crippen LogP contribution in [0.3, 0.4) is 0 Å². The highest BCUT2D eigenvalue weighted by atomic mass is 79.9. The maximum atomic E-state index is 11.8. The second kappa shape index (κ2) is 6.33. The largest absolute Gasteiger partial charge is 0.507 e. The number of aromatic nitrogens is 1. The predicted molar refractivity (Wildman–Crippen MR) is 76.1 cm³/mol. The van der Waals surface area contributed by atoms with E-state index >= 15 is 0 Å². The Kier molecular flexibility index (Phi) is 4.52. The maximum absolute atomic E-state index is 11.8. The quantitative estimate of drug-likeness (QED) is 0.910. The van der Waals surface area contributed by atoms with Crippen molar-refractivity contribution in [1.82, 2.24) is 10.3 Å². The van der Waals surface area contributed by atoms with E-state index in [0.29, 0.717) is 16.6 Å². The van der Waals surface area contributed by atoms with Crippen LogP contribution < -0.4 is 5.32 Å². The molecule has 0 spiro atoms. The van der Waals surface area contributed by atoms with Gasteiger partial charge < -0.3 is 10.4 Å². The average molecular weight is 321 g/mol. The summed E-state index contributed by atoms with van der Waals surface area (Å²) in [5.41, 5.74) is 1.56. The van der Waals surface area contributed by atoms with Gasteiger partial charge in [0.15, 0.2) is 0 Å². The first kappa shape index (κ1) is 13.5. The third-order valence-electron chi connectivity index (χ3n) is 2.66. The molecular formula is C14H13BrN2O2. The van der Waals surface area contributed by atoms with E-state index in [4.69, 9.17) is 0 Å². The number of amides is 1. The minimum Gasteiger partial charge on any atom is -0.507 e. The molecule has 5 heteroatoms. The van der Waals surface area contributed by atoms with Crippen molar-refractivity contribution in [3.8, 4) is 5.75 Å². The van der Waals surface area contributed by atoms with Gasteiger partial charge >= 0.3 is 0 Å². The number of nitrogens with zero attached hydrogens (tertiary/aromatic N) is 1. The van der Waals surface area contributed by atoms with Crippen LogP contribution in [0.5, 0.6) is 5.75 Å². The second-order valence-corrected chi connectivity index (χ2v) is 4.88. The number of pyridine rings is 1. The van der Waals surface area contributed by atoms with Crippen molar-refractivity contribution in [3.05, 3.63) is 58.3 Å². The number of phenols is 1. The van der Waals surface area contributed by atoms with Crippen molar-refractivity contribution in [2.45, 2.75) is 6.42 Å². The summed E-state index contributed by atoms with van der Waals surface area (Å²) in [4.78, 5) is 15.8. The van der Waals surface area contributed by atoms with Crippen LogP contribution in [0.25, 0.3) is 0 Å². The van der Waals surface area contributed by atoms with Crippen LogP contribution in [-0.2, 0) is 6.42 Å². The van der Waals surface area contributed by atoms with Crippen molar-refractivity contribution in [2.24, 2.45) is 0 Å². The van der Waals surface area contributed by atoms with Gasteiger partial charge in [-0.3, -0.25) is 9.78 Å². The molecule has 98 valence electrons. The number of benzene rings is 1. The molecule has 4 nitrogen and oxygen atoms in total. The molecule has 2 aromatic rings. The summed E-state index contributed by atoms with van der Waals surface area (Å²) in [5.74, 6) is -0.140. The summed E-state index contributed by atoms with van der Waals surface area (Å²) in [5, 5.41) is 12.3. The molecule has 0 fully saturated rings. The third kappa shape index (κ3) is 3.79. The standard InChI is InChI=1S/C14H13BrN2O2/c15-12-2-1-11(9-13(12)18)14(19)17-8-5-10-3-6-16-7-4-10/h1-4,6-7,9,18H,5,8H2,(H,17,19). The van der Waals surface area contributed by atoms with Gasteiger partial charge in [-0.25, -0.2) is 0 Å². The van der Waals surface area contributed by atoms with E-state index in [1.807, 2.05) is 12.1 Å². The van der Waals surface area contributed by atoms with Gasteiger partial charge in [0.05, 0.1) is 4.47 Å². The topological polar surface area (TPSA) is 62.2 Å². The Hall–Kier alpha value is -1.88. The number of hydrogen-bond donors (Lipinski definition) is 2. The van der Waals surface area contributed by atoms with E-state index in [1.54, 1.807) is 24.5 Å². The molecular weight excluding hydrogens is 308 g/mol. The van der Waals surface area contributed by atoms with E-state index in [0.717, 1.165) is 12.0 Å². The zero-order valence-electron chi connectivity index (χ0n) is 10.1. The SMILES string of the molecule is O=C(NCCc1ccncc1)c1ccc(Br)c(O)c1. The van der Waals surface area contributed by atoms with Crippen LogP contribution >= 0.6 is 15.9 Å². The minimum atomic E-state index is -0.197. The van der Waals surface area contributed by atoms with Crippen molar-refractivity contribution >= 4 is 21.8 Å². The zero-order chi connectivity index (χ0) is 13.7. The molecule has 0 saturated heterocycles. The molecule has 1 aromatic carbocycles. The van der Waals surface area contributed by atoms with Gasteiger partial charge in [-0.2, -0.15) is 0 Å². The molecule has 0 bridgehead atoms. The summed E-state index contributed by atoms with van der Waals surface area (Å²) in [7, 11) is 0. The number of halogens is 1. The number of hydrogen-bond acceptors (Lipinski definition) is 3.